The molecule has 200 valence electrons. The lowest BCUT2D eigenvalue weighted by atomic mass is 9.60. The van der Waals surface area contributed by atoms with Gasteiger partial charge in [0.1, 0.15) is 22.8 Å². The molecular formula is C28H32N4O6. The summed E-state index contributed by atoms with van der Waals surface area (Å²) in [6.45, 7) is 0.704. The summed E-state index contributed by atoms with van der Waals surface area (Å²) in [6, 6.07) is 6.39. The number of aromatic nitrogens is 1. The Kier molecular flexibility index (Phi) is 6.19. The van der Waals surface area contributed by atoms with Crippen molar-refractivity contribution in [2.45, 2.75) is 25.4 Å². The highest BCUT2D eigenvalue weighted by Crippen LogP contribution is 2.51. The van der Waals surface area contributed by atoms with Gasteiger partial charge in [0, 0.05) is 29.1 Å². The van der Waals surface area contributed by atoms with Crippen molar-refractivity contribution in [3.05, 3.63) is 63.8 Å². The minimum absolute atomic E-state index is 0.0713. The van der Waals surface area contributed by atoms with E-state index in [1.54, 1.807) is 25.1 Å². The molecule has 1 aromatic carbocycles. The molecule has 4 atom stereocenters. The third kappa shape index (κ3) is 3.83. The van der Waals surface area contributed by atoms with Gasteiger partial charge >= 0.3 is 0 Å². The number of ketones is 2. The molecule has 1 amide bonds. The minimum Gasteiger partial charge on any atom is -0.511 e. The van der Waals surface area contributed by atoms with Gasteiger partial charge in [-0.1, -0.05) is 0 Å². The zero-order valence-corrected chi connectivity index (χ0v) is 21.8. The normalized spacial score (nSPS) is 25.1. The third-order valence-corrected chi connectivity index (χ3v) is 7.97. The van der Waals surface area contributed by atoms with Gasteiger partial charge in [0.15, 0.2) is 11.6 Å². The highest BCUT2D eigenvalue weighted by molar-refractivity contribution is 6.22. The lowest BCUT2D eigenvalue weighted by Gasteiger charge is -2.46. The van der Waals surface area contributed by atoms with Crippen molar-refractivity contribution in [1.29, 1.82) is 0 Å². The molecule has 10 nitrogen and oxygen atoms in total. The number of nitrogens with two attached hydrogens (primary N) is 1. The van der Waals surface area contributed by atoms with Crippen molar-refractivity contribution in [3.8, 4) is 17.0 Å². The van der Waals surface area contributed by atoms with Crippen LogP contribution in [0.25, 0.3) is 11.3 Å². The number of amides is 1. The number of hydrogen-bond acceptors (Lipinski definition) is 8. The quantitative estimate of drug-likeness (QED) is 0.375. The fraction of sp³-hybridized carbons (Fsp3) is 0.393. The van der Waals surface area contributed by atoms with Crippen LogP contribution in [0.5, 0.6) is 5.75 Å². The first kappa shape index (κ1) is 25.7. The molecule has 0 spiro atoms. The summed E-state index contributed by atoms with van der Waals surface area (Å²) in [5.74, 6) is -5.68. The smallest absolute Gasteiger partial charge is 0.255 e. The second kappa shape index (κ2) is 9.14. The fourth-order valence-corrected chi connectivity index (χ4v) is 6.55. The molecule has 0 saturated heterocycles. The highest BCUT2D eigenvalue weighted by atomic mass is 16.3. The van der Waals surface area contributed by atoms with Gasteiger partial charge in [-0.05, 0) is 82.7 Å². The van der Waals surface area contributed by atoms with Crippen LogP contribution >= 0.6 is 0 Å². The summed E-state index contributed by atoms with van der Waals surface area (Å²) in [5.41, 5.74) is 8.28. The topological polar surface area (TPSA) is 160 Å². The summed E-state index contributed by atoms with van der Waals surface area (Å²) in [7, 11) is 7.34. The number of benzene rings is 1. The van der Waals surface area contributed by atoms with Crippen LogP contribution in [0.1, 0.15) is 28.0 Å². The molecule has 2 aromatic rings. The number of hydrogen-bond donors (Lipinski definition) is 5. The van der Waals surface area contributed by atoms with Gasteiger partial charge in [-0.2, -0.15) is 0 Å². The Balaban J connectivity index is 1.64. The minimum atomic E-state index is -1.19. The molecule has 0 saturated carbocycles. The molecule has 3 aliphatic rings. The van der Waals surface area contributed by atoms with E-state index in [2.05, 4.69) is 4.98 Å². The maximum absolute atomic E-state index is 13.8. The summed E-state index contributed by atoms with van der Waals surface area (Å²) in [6.07, 6.45) is 0.655. The third-order valence-electron chi connectivity index (χ3n) is 7.97. The predicted molar refractivity (Wildman–Crippen MR) is 139 cm³/mol. The molecule has 1 unspecified atom stereocenters. The Morgan fingerprint density at radius 3 is 2.39 bits per heavy atom. The van der Waals surface area contributed by atoms with Crippen LogP contribution in [0.15, 0.2) is 46.9 Å². The number of carbonyl (C=O) groups is 3. The van der Waals surface area contributed by atoms with Crippen molar-refractivity contribution in [2.75, 3.05) is 28.2 Å². The van der Waals surface area contributed by atoms with Gasteiger partial charge in [-0.3, -0.25) is 19.3 Å². The SMILES string of the molecule is CN(C)Cc1ccc(-c2ccc(O)c3c2C[C@H]2C[C@@H]4C(C(=O)C(C(N)=O)=C(O)[C@H]4N(C)C)C(O)=C2C3=O)[nH]1. The molecule has 0 radical (unpaired) electrons. The monoisotopic (exact) mass is 520 g/mol. The number of likely N-dealkylation sites (N-methyl/N-ethyl adjacent to an activating group) is 1. The van der Waals surface area contributed by atoms with Crippen LogP contribution in [0, 0.1) is 17.8 Å². The number of allylic oxidation sites excluding steroid dienone is 2. The lowest BCUT2D eigenvalue weighted by molar-refractivity contribution is -0.127. The maximum atomic E-state index is 13.8. The van der Waals surface area contributed by atoms with Crippen LogP contribution in [-0.4, -0.2) is 81.8 Å². The number of carbonyl (C=O) groups excluding carboxylic acids is 3. The maximum Gasteiger partial charge on any atom is 0.255 e. The molecule has 1 aromatic heterocycles. The van der Waals surface area contributed by atoms with Gasteiger partial charge in [0.25, 0.3) is 5.91 Å². The van der Waals surface area contributed by atoms with Crippen LogP contribution in [0.4, 0.5) is 0 Å². The van der Waals surface area contributed by atoms with Crippen molar-refractivity contribution >= 4 is 17.5 Å². The van der Waals surface area contributed by atoms with Gasteiger partial charge in [0.2, 0.25) is 0 Å². The Bertz CT molecular complexity index is 1430. The number of nitrogens with zero attached hydrogens (tertiary/aromatic N) is 2. The molecule has 0 aliphatic heterocycles. The second-order valence-corrected chi connectivity index (χ2v) is 10.9. The summed E-state index contributed by atoms with van der Waals surface area (Å²) in [5, 5.41) is 33.0. The Hall–Kier alpha value is -3.89. The average Bonchev–Trinajstić information content (AvgIpc) is 3.25. The molecular weight excluding hydrogens is 488 g/mol. The van der Waals surface area contributed by atoms with Gasteiger partial charge < -0.3 is 30.9 Å². The van der Waals surface area contributed by atoms with Crippen molar-refractivity contribution < 1.29 is 29.7 Å². The average molecular weight is 521 g/mol. The molecule has 3 aliphatic carbocycles. The van der Waals surface area contributed by atoms with Crippen LogP contribution < -0.4 is 5.73 Å². The molecule has 1 heterocycles. The number of aromatic hydroxyl groups is 1. The van der Waals surface area contributed by atoms with Crippen LogP contribution in [0.3, 0.4) is 0 Å². The van der Waals surface area contributed by atoms with Crippen LogP contribution in [0.2, 0.25) is 0 Å². The standard InChI is InChI=1S/C28H32N4O6/c1-31(2)11-13-5-7-17(30-13)14-6-8-18(33)20-15(14)9-12-10-16-21(25(35)19(12)24(20)34)26(36)22(28(29)38)27(37)23(16)32(3)4/h5-8,12,16,21,23,30,33,35,37H,9-11H2,1-4H3,(H2,29,38)/t12-,16+,21?,23-/m0/s1. The Morgan fingerprint density at radius 1 is 1.05 bits per heavy atom. The number of H-pyrrole nitrogens is 1. The van der Waals surface area contributed by atoms with Crippen LogP contribution in [-0.2, 0) is 22.6 Å². The number of nitrogens with one attached hydrogen (secondary N) is 1. The van der Waals surface area contributed by atoms with Crippen molar-refractivity contribution in [3.63, 3.8) is 0 Å². The van der Waals surface area contributed by atoms with E-state index in [0.717, 1.165) is 17.0 Å². The number of phenolic OH excluding ortho intramolecular Hbond substituents is 1. The molecule has 5 rings (SSSR count). The van der Waals surface area contributed by atoms with Crippen molar-refractivity contribution in [1.82, 2.24) is 14.8 Å². The van der Waals surface area contributed by atoms with E-state index in [4.69, 9.17) is 5.73 Å². The molecule has 6 N–H and O–H groups in total. The van der Waals surface area contributed by atoms with E-state index in [1.165, 1.54) is 6.07 Å². The zero-order chi connectivity index (χ0) is 27.6. The summed E-state index contributed by atoms with van der Waals surface area (Å²) in [4.78, 5) is 46.3. The number of aromatic amines is 1. The number of Topliss-reactive ketones (excluding diaryl/α,β-unsaturated/α-hetero) is 2. The number of aliphatic hydroxyl groups excluding tert-OH is 2. The molecule has 0 fully saturated rings. The highest BCUT2D eigenvalue weighted by Gasteiger charge is 2.54. The molecule has 0 bridgehead atoms. The zero-order valence-electron chi connectivity index (χ0n) is 21.8. The summed E-state index contributed by atoms with van der Waals surface area (Å²) < 4.78 is 0. The van der Waals surface area contributed by atoms with E-state index in [1.807, 2.05) is 31.1 Å². The van der Waals surface area contributed by atoms with Crippen molar-refractivity contribution in [2.24, 2.45) is 23.5 Å². The van der Waals surface area contributed by atoms with Gasteiger partial charge in [0.05, 0.1) is 17.5 Å². The first-order valence-electron chi connectivity index (χ1n) is 12.5. The number of rotatable bonds is 5. The van der Waals surface area contributed by atoms with E-state index >= 15 is 0 Å². The van der Waals surface area contributed by atoms with Gasteiger partial charge in [-0.25, -0.2) is 0 Å². The van der Waals surface area contributed by atoms with Gasteiger partial charge in [-0.15, -0.1) is 0 Å². The first-order valence-corrected chi connectivity index (χ1v) is 12.5. The van der Waals surface area contributed by atoms with E-state index in [9.17, 15) is 29.7 Å². The summed E-state index contributed by atoms with van der Waals surface area (Å²) >= 11 is 0. The predicted octanol–water partition coefficient (Wildman–Crippen LogP) is 2.06. The second-order valence-electron chi connectivity index (χ2n) is 10.9. The number of aliphatic hydroxyl groups is 2. The number of fused-ring (bicyclic) bond motifs is 3. The molecule has 10 heteroatoms. The number of phenols is 1. The van der Waals surface area contributed by atoms with E-state index < -0.39 is 58.4 Å². The van der Waals surface area contributed by atoms with E-state index in [0.29, 0.717) is 24.9 Å². The first-order chi connectivity index (χ1) is 17.9. The molecule has 38 heavy (non-hydrogen) atoms. The fourth-order valence-electron chi connectivity index (χ4n) is 6.55. The largest absolute Gasteiger partial charge is 0.511 e. The lowest BCUT2D eigenvalue weighted by Crippen LogP contribution is -2.53. The Labute approximate surface area is 220 Å². The van der Waals surface area contributed by atoms with E-state index in [-0.39, 0.29) is 16.9 Å². The Morgan fingerprint density at radius 2 is 1.76 bits per heavy atom. The number of primary amides is 1.